The molecule has 1 N–H and O–H groups in total. The number of nitrogens with zero attached hydrogens (tertiary/aromatic N) is 1. The van der Waals surface area contributed by atoms with Crippen molar-refractivity contribution in [2.24, 2.45) is 5.92 Å². The van der Waals surface area contributed by atoms with Crippen molar-refractivity contribution in [2.75, 3.05) is 11.4 Å². The third-order valence-corrected chi connectivity index (χ3v) is 2.91. The topological polar surface area (TPSA) is 40.5 Å². The number of aromatic hydroxyl groups is 1. The van der Waals surface area contributed by atoms with Crippen molar-refractivity contribution in [1.29, 1.82) is 0 Å². The second kappa shape index (κ2) is 4.50. The smallest absolute Gasteiger partial charge is 0.303 e. The minimum absolute atomic E-state index is 0.153. The molecule has 0 saturated carbocycles. The van der Waals surface area contributed by atoms with Crippen molar-refractivity contribution >= 4 is 11.6 Å². The lowest BCUT2D eigenvalue weighted by Crippen LogP contribution is -2.38. The van der Waals surface area contributed by atoms with E-state index >= 15 is 0 Å². The van der Waals surface area contributed by atoms with Gasteiger partial charge in [0.2, 0.25) is 0 Å². The van der Waals surface area contributed by atoms with E-state index in [0.717, 1.165) is 12.0 Å². The number of hydrogen-bond acceptors (Lipinski definition) is 2. The van der Waals surface area contributed by atoms with Crippen LogP contribution in [0, 0.1) is 17.8 Å². The first-order chi connectivity index (χ1) is 8.13. The molecule has 2 rings (SSSR count). The molecule has 1 atom stereocenters. The SMILES string of the molecule is CC#CC(=O)N1CC(C)Cc2cccc(O)c21. The molecule has 1 aliphatic heterocycles. The summed E-state index contributed by atoms with van der Waals surface area (Å²) in [5.74, 6) is 5.42. The van der Waals surface area contributed by atoms with Crippen molar-refractivity contribution in [3.05, 3.63) is 23.8 Å². The van der Waals surface area contributed by atoms with E-state index in [1.807, 2.05) is 6.07 Å². The Morgan fingerprint density at radius 1 is 1.53 bits per heavy atom. The first-order valence-electron chi connectivity index (χ1n) is 5.68. The molecule has 1 unspecified atom stereocenters. The van der Waals surface area contributed by atoms with E-state index in [9.17, 15) is 9.90 Å². The summed E-state index contributed by atoms with van der Waals surface area (Å²) in [6.45, 7) is 4.34. The molecule has 0 spiro atoms. The Morgan fingerprint density at radius 3 is 3.00 bits per heavy atom. The molecule has 0 bridgehead atoms. The summed E-state index contributed by atoms with van der Waals surface area (Å²) >= 11 is 0. The van der Waals surface area contributed by atoms with Crippen molar-refractivity contribution in [3.8, 4) is 17.6 Å². The zero-order valence-corrected chi connectivity index (χ0v) is 10.0. The number of phenolic OH excluding ortho intramolecular Hbond substituents is 1. The van der Waals surface area contributed by atoms with Gasteiger partial charge in [0, 0.05) is 6.54 Å². The van der Waals surface area contributed by atoms with Gasteiger partial charge < -0.3 is 5.11 Å². The summed E-state index contributed by atoms with van der Waals surface area (Å²) in [5.41, 5.74) is 1.63. The highest BCUT2D eigenvalue weighted by atomic mass is 16.3. The Hall–Kier alpha value is -1.95. The van der Waals surface area contributed by atoms with Gasteiger partial charge in [-0.25, -0.2) is 0 Å². The molecule has 3 heteroatoms. The summed E-state index contributed by atoms with van der Waals surface area (Å²) in [4.78, 5) is 13.5. The predicted molar refractivity (Wildman–Crippen MR) is 66.8 cm³/mol. The van der Waals surface area contributed by atoms with Crippen LogP contribution in [0.15, 0.2) is 18.2 Å². The van der Waals surface area contributed by atoms with E-state index in [4.69, 9.17) is 0 Å². The van der Waals surface area contributed by atoms with E-state index in [2.05, 4.69) is 18.8 Å². The van der Waals surface area contributed by atoms with Crippen LogP contribution < -0.4 is 4.90 Å². The number of phenols is 1. The van der Waals surface area contributed by atoms with Crippen LogP contribution in [0.5, 0.6) is 5.75 Å². The predicted octanol–water partition coefficient (Wildman–Crippen LogP) is 1.94. The number of rotatable bonds is 0. The molecule has 17 heavy (non-hydrogen) atoms. The number of benzene rings is 1. The molecule has 1 aromatic carbocycles. The minimum atomic E-state index is -0.248. The maximum Gasteiger partial charge on any atom is 0.303 e. The molecular formula is C14H15NO2. The third kappa shape index (κ3) is 2.12. The Labute approximate surface area is 101 Å². The van der Waals surface area contributed by atoms with E-state index in [1.165, 1.54) is 0 Å². The van der Waals surface area contributed by atoms with Gasteiger partial charge in [-0.15, -0.1) is 0 Å². The minimum Gasteiger partial charge on any atom is -0.506 e. The third-order valence-electron chi connectivity index (χ3n) is 2.91. The van der Waals surface area contributed by atoms with Gasteiger partial charge in [0.1, 0.15) is 5.75 Å². The zero-order chi connectivity index (χ0) is 12.4. The maximum atomic E-state index is 11.9. The van der Waals surface area contributed by atoms with Gasteiger partial charge in [-0.2, -0.15) is 0 Å². The second-order valence-corrected chi connectivity index (χ2v) is 4.38. The molecule has 3 nitrogen and oxygen atoms in total. The van der Waals surface area contributed by atoms with Gasteiger partial charge in [0.25, 0.3) is 0 Å². The van der Waals surface area contributed by atoms with E-state index in [0.29, 0.717) is 18.2 Å². The van der Waals surface area contributed by atoms with E-state index in [1.54, 1.807) is 24.0 Å². The fraction of sp³-hybridized carbons (Fsp3) is 0.357. The van der Waals surface area contributed by atoms with Crippen LogP contribution in [0.4, 0.5) is 5.69 Å². The largest absolute Gasteiger partial charge is 0.506 e. The van der Waals surface area contributed by atoms with Gasteiger partial charge in [0.15, 0.2) is 0 Å². The fourth-order valence-corrected chi connectivity index (χ4v) is 2.26. The summed E-state index contributed by atoms with van der Waals surface area (Å²) in [6.07, 6.45) is 0.882. The Balaban J connectivity index is 2.49. The van der Waals surface area contributed by atoms with Crippen molar-refractivity contribution in [3.63, 3.8) is 0 Å². The fourth-order valence-electron chi connectivity index (χ4n) is 2.26. The maximum absolute atomic E-state index is 11.9. The highest BCUT2D eigenvalue weighted by Crippen LogP contribution is 2.36. The number of amides is 1. The molecular weight excluding hydrogens is 214 g/mol. The number of carbonyl (C=O) groups is 1. The molecule has 0 radical (unpaired) electrons. The van der Waals surface area contributed by atoms with Gasteiger partial charge in [-0.3, -0.25) is 9.69 Å². The van der Waals surface area contributed by atoms with Crippen LogP contribution in [0.25, 0.3) is 0 Å². The summed E-state index contributed by atoms with van der Waals surface area (Å²) in [5, 5.41) is 9.89. The number of hydrogen-bond donors (Lipinski definition) is 1. The lowest BCUT2D eigenvalue weighted by Gasteiger charge is -2.32. The van der Waals surface area contributed by atoms with Crippen LogP contribution >= 0.6 is 0 Å². The monoisotopic (exact) mass is 229 g/mol. The average Bonchev–Trinajstić information content (AvgIpc) is 2.28. The van der Waals surface area contributed by atoms with E-state index in [-0.39, 0.29) is 11.7 Å². The summed E-state index contributed by atoms with van der Waals surface area (Å²) in [6, 6.07) is 5.36. The van der Waals surface area contributed by atoms with Crippen LogP contribution in [0.1, 0.15) is 19.4 Å². The standard InChI is InChI=1S/C14H15NO2/c1-3-5-13(17)15-9-10(2)8-11-6-4-7-12(16)14(11)15/h4,6-7,10,16H,8-9H2,1-2H3. The molecule has 1 amide bonds. The molecule has 0 aliphatic carbocycles. The summed E-state index contributed by atoms with van der Waals surface area (Å²) in [7, 11) is 0. The molecule has 1 heterocycles. The molecule has 1 aromatic rings. The first kappa shape index (κ1) is 11.5. The van der Waals surface area contributed by atoms with Crippen molar-refractivity contribution in [1.82, 2.24) is 0 Å². The van der Waals surface area contributed by atoms with Crippen LogP contribution in [0.2, 0.25) is 0 Å². The lowest BCUT2D eigenvalue weighted by atomic mass is 9.93. The quantitative estimate of drug-likeness (QED) is 0.691. The van der Waals surface area contributed by atoms with Crippen LogP contribution in [-0.4, -0.2) is 17.6 Å². The second-order valence-electron chi connectivity index (χ2n) is 4.38. The average molecular weight is 229 g/mol. The highest BCUT2D eigenvalue weighted by molar-refractivity contribution is 6.07. The Kier molecular flexibility index (Phi) is 3.06. The molecule has 0 aromatic heterocycles. The van der Waals surface area contributed by atoms with Gasteiger partial charge in [-0.05, 0) is 36.8 Å². The Morgan fingerprint density at radius 2 is 2.29 bits per heavy atom. The van der Waals surface area contributed by atoms with Crippen LogP contribution in [0.3, 0.4) is 0 Å². The number of anilines is 1. The normalized spacial score (nSPS) is 18.0. The van der Waals surface area contributed by atoms with Gasteiger partial charge >= 0.3 is 5.91 Å². The van der Waals surface area contributed by atoms with Gasteiger partial charge in [-0.1, -0.05) is 25.0 Å². The number of para-hydroxylation sites is 1. The summed E-state index contributed by atoms with van der Waals surface area (Å²) < 4.78 is 0. The highest BCUT2D eigenvalue weighted by Gasteiger charge is 2.27. The van der Waals surface area contributed by atoms with Crippen molar-refractivity contribution in [2.45, 2.75) is 20.3 Å². The Bertz CT molecular complexity index is 511. The molecule has 0 fully saturated rings. The van der Waals surface area contributed by atoms with E-state index < -0.39 is 0 Å². The molecule has 1 aliphatic rings. The van der Waals surface area contributed by atoms with Crippen molar-refractivity contribution < 1.29 is 9.90 Å². The van der Waals surface area contributed by atoms with Crippen LogP contribution in [-0.2, 0) is 11.2 Å². The zero-order valence-electron chi connectivity index (χ0n) is 10.0. The molecule has 0 saturated heterocycles. The van der Waals surface area contributed by atoms with Gasteiger partial charge in [0.05, 0.1) is 5.69 Å². The number of fused-ring (bicyclic) bond motifs is 1. The molecule has 88 valence electrons. The number of carbonyl (C=O) groups excluding carboxylic acids is 1. The first-order valence-corrected chi connectivity index (χ1v) is 5.68. The lowest BCUT2D eigenvalue weighted by molar-refractivity contribution is -0.113.